The van der Waals surface area contributed by atoms with Crippen LogP contribution in [0.3, 0.4) is 0 Å². The second-order valence-corrected chi connectivity index (χ2v) is 30.8. The predicted octanol–water partition coefficient (Wildman–Crippen LogP) is 14.4. The quantitative estimate of drug-likeness (QED) is 0.0213. The first-order chi connectivity index (χ1) is 67.0. The molecule has 2 unspecified atom stereocenters. The van der Waals surface area contributed by atoms with Crippen LogP contribution in [-0.2, 0) is 24.4 Å². The summed E-state index contributed by atoms with van der Waals surface area (Å²) in [5, 5.41) is 21.9. The fraction of sp³-hybridized carbons (Fsp3) is 0.237. The van der Waals surface area contributed by atoms with E-state index in [1.165, 1.54) is 78.4 Å². The van der Waals surface area contributed by atoms with Crippen LogP contribution in [0.15, 0.2) is 236 Å². The predicted molar refractivity (Wildman–Crippen MR) is 530 cm³/mol. The van der Waals surface area contributed by atoms with Crippen molar-refractivity contribution in [3.63, 3.8) is 0 Å². The molecule has 5 aromatic carbocycles. The highest BCUT2D eigenvalue weighted by atomic mass is 16.2. The lowest BCUT2D eigenvalue weighted by atomic mass is 10.1. The van der Waals surface area contributed by atoms with Crippen molar-refractivity contribution in [1.29, 1.82) is 0 Å². The van der Waals surface area contributed by atoms with E-state index in [0.29, 0.717) is 110 Å². The molecule has 0 saturated heterocycles. The lowest BCUT2D eigenvalue weighted by molar-refractivity contribution is -0.116. The van der Waals surface area contributed by atoms with E-state index < -0.39 is 0 Å². The maximum atomic E-state index is 11.7. The lowest BCUT2D eigenvalue weighted by Crippen LogP contribution is -2.23. The molecule has 44 heteroatoms. The highest BCUT2D eigenvalue weighted by Gasteiger charge is 2.17. The molecule has 700 valence electrons. The van der Waals surface area contributed by atoms with Crippen molar-refractivity contribution in [2.24, 2.45) is 0 Å². The third-order valence-corrected chi connectivity index (χ3v) is 20.7. The van der Waals surface area contributed by atoms with Gasteiger partial charge in [-0.15, -0.1) is 0 Å². The van der Waals surface area contributed by atoms with E-state index in [2.05, 4.69) is 312 Å². The average molecular weight is 1850 g/mol. The minimum atomic E-state index is -0.245. The smallest absolute Gasteiger partial charge is 0.278 e. The van der Waals surface area contributed by atoms with E-state index in [0.717, 1.165) is 121 Å². The summed E-state index contributed by atoms with van der Waals surface area (Å²) in [5.74, 6) is 5.02. The van der Waals surface area contributed by atoms with Crippen LogP contribution in [-0.4, -0.2) is 185 Å². The number of hydrogen-bond acceptors (Lipinski definition) is 32. The van der Waals surface area contributed by atoms with E-state index in [9.17, 15) is 19.2 Å². The summed E-state index contributed by atoms with van der Waals surface area (Å²) in [6.45, 7) is 20.7. The zero-order chi connectivity index (χ0) is 95.5. The molecule has 0 aliphatic heterocycles. The van der Waals surface area contributed by atoms with Crippen LogP contribution in [0.1, 0.15) is 126 Å². The molecule has 137 heavy (non-hydrogen) atoms. The minimum Gasteiger partial charge on any atom is -0.366 e. The van der Waals surface area contributed by atoms with Gasteiger partial charge in [0.15, 0.2) is 90.8 Å². The van der Waals surface area contributed by atoms with Gasteiger partial charge in [-0.1, -0.05) is 179 Å². The van der Waals surface area contributed by atoms with Crippen molar-refractivity contribution in [3.8, 4) is 0 Å². The van der Waals surface area contributed by atoms with Gasteiger partial charge in [-0.05, 0) is 88.3 Å². The van der Waals surface area contributed by atoms with E-state index in [1.807, 2.05) is 84.9 Å². The lowest BCUT2D eigenvalue weighted by Gasteiger charge is -2.22. The van der Waals surface area contributed by atoms with Gasteiger partial charge in [-0.25, -0.2) is 89.7 Å². The number of carbonyl (C=O) groups is 1. The van der Waals surface area contributed by atoms with Crippen LogP contribution in [0.2, 0.25) is 0 Å². The molecule has 0 spiro atoms. The second kappa shape index (κ2) is 48.2. The van der Waals surface area contributed by atoms with Gasteiger partial charge in [0.2, 0.25) is 23.8 Å². The van der Waals surface area contributed by atoms with Gasteiger partial charge in [-0.2, -0.15) is 15.0 Å². The number of rotatable bonds is 27. The highest BCUT2D eigenvalue weighted by molar-refractivity contribution is 5.96. The summed E-state index contributed by atoms with van der Waals surface area (Å²) in [5.41, 5.74) is 17.4. The van der Waals surface area contributed by atoms with Crippen molar-refractivity contribution < 1.29 is 4.79 Å². The molecular formula is C93H104N40O4. The van der Waals surface area contributed by atoms with Crippen molar-refractivity contribution in [2.75, 3.05) is 55.2 Å². The van der Waals surface area contributed by atoms with Gasteiger partial charge in [0.1, 0.15) is 59.2 Å². The zero-order valence-corrected chi connectivity index (χ0v) is 76.4. The fourth-order valence-electron chi connectivity index (χ4n) is 13.7. The molecule has 0 bridgehead atoms. The Labute approximate surface area is 781 Å². The standard InChI is InChI=1S/2C14H15N5.C13H13N5.C12H11N5O.C11H9N5O.C11H15N5O.C9H13N5O.C9H13N5/c1-9-3-10(2)5-11(4-9)6-15-13-12-14(17-7-16-12)19-8-18-13;1-2-19(8-11-6-4-3-5-7-11)14-12-13(16-9-15-12)17-10-18-14;1-9(10-5-3-2-4-6-10)18-13-11-12(15-7-14-11)16-8-17-13;18-11-9-10(15-7-14-9)16-12(17-11)13-6-8-4-2-1-3-5-8;17-10-8-9(13-6-12-8)15-11(16-10)14-7-4-2-1-3-5-7;1-2-3-4-5-8(17)16-11-9-10(13-6-12-9)14-7-15-11;1-2-3-4-10-9-13-7-6(8(15)14-9)11-5-12-7;1-3-6(2)14-9-7-8(11-4-10-7)12-5-13-9/h3-5,7-8H,6H2,1-2H3,(H2,15,16,17,18,19);3-7,9-10H,2,8H2,1H3,(H,15,16,17,18);2-9H,1H3,(H2,14,15,16,17,18);1-5,7H,6H2,(H3,13,14,15,16,17,18);1-6H,(H3,12,13,14,15,16,17);6-7H,2-5H2,1H3,(H2,12,13,14,15,16,17);5H,2-4H2,1H3,(H3,10,11,12,13,14,15);4-6H,3H2,1-2H3,(H2,10,11,12,13,14). The molecule has 0 aliphatic rings. The molecule has 16 heterocycles. The number of aromatic nitrogens is 32. The van der Waals surface area contributed by atoms with Gasteiger partial charge < -0.3 is 82.0 Å². The summed E-state index contributed by atoms with van der Waals surface area (Å²) >= 11 is 0. The molecule has 16 aromatic heterocycles. The molecule has 0 saturated carbocycles. The van der Waals surface area contributed by atoms with Gasteiger partial charge in [0, 0.05) is 50.9 Å². The molecule has 44 nitrogen and oxygen atoms in total. The Hall–Kier alpha value is -18.0. The molecule has 0 fully saturated rings. The molecule has 2 atom stereocenters. The van der Waals surface area contributed by atoms with Crippen molar-refractivity contribution >= 4 is 148 Å². The molecule has 0 radical (unpaired) electrons. The van der Waals surface area contributed by atoms with Crippen LogP contribution >= 0.6 is 0 Å². The highest BCUT2D eigenvalue weighted by Crippen LogP contribution is 2.26. The number of nitrogens with one attached hydrogen (secondary N) is 18. The Balaban J connectivity index is 0.000000125. The van der Waals surface area contributed by atoms with Gasteiger partial charge in [0.25, 0.3) is 16.7 Å². The summed E-state index contributed by atoms with van der Waals surface area (Å²) in [4.78, 5) is 166. The van der Waals surface area contributed by atoms with E-state index >= 15 is 0 Å². The van der Waals surface area contributed by atoms with Crippen LogP contribution in [0.25, 0.3) is 89.3 Å². The summed E-state index contributed by atoms with van der Waals surface area (Å²) in [6, 6.07) is 47.0. The Morgan fingerprint density at radius 3 is 1.28 bits per heavy atom. The van der Waals surface area contributed by atoms with Crippen molar-refractivity contribution in [1.82, 2.24) is 159 Å². The topological polar surface area (TPSA) is 600 Å². The minimum absolute atomic E-state index is 0.0203. The van der Waals surface area contributed by atoms with E-state index in [-0.39, 0.29) is 28.6 Å². The molecule has 21 rings (SSSR count). The van der Waals surface area contributed by atoms with Crippen LogP contribution in [0.5, 0.6) is 0 Å². The number of para-hydroxylation sites is 1. The third-order valence-electron chi connectivity index (χ3n) is 20.7. The van der Waals surface area contributed by atoms with Gasteiger partial charge in [-0.3, -0.25) is 34.1 Å². The Morgan fingerprint density at radius 1 is 0.372 bits per heavy atom. The number of benzene rings is 5. The summed E-state index contributed by atoms with van der Waals surface area (Å²) in [6.07, 6.45) is 26.7. The number of H-pyrrole nitrogens is 11. The number of hydrogen-bond donors (Lipinski definition) is 18. The Bertz CT molecular complexity index is 7500. The van der Waals surface area contributed by atoms with Crippen molar-refractivity contribution in [2.45, 2.75) is 132 Å². The van der Waals surface area contributed by atoms with Crippen LogP contribution < -0.4 is 58.8 Å². The molecule has 1 amide bonds. The normalized spacial score (nSPS) is 11.2. The number of nitrogens with zero attached hydrogens (tertiary/aromatic N) is 22. The van der Waals surface area contributed by atoms with Crippen molar-refractivity contribution in [3.05, 3.63) is 286 Å². The molecule has 18 N–H and O–H groups in total. The SMILES string of the molecule is CC(Nc1ncnc2nc[nH]c12)c1ccccc1.CCC(C)Nc1ncnc2nc[nH]c12.CCCCCC(=O)Nc1ncnc2nc[nH]c12.CCCCNc1nc2nc[nH]c2c(=O)[nH]1.CCN(Cc1ccccc1)c1ncnc2nc[nH]c12.Cc1cc(C)cc(CNc2ncnc3nc[nH]c23)c1.O=c1[nH]c(NCc2ccccc2)nc2nc[nH]c12.O=c1[nH]c(Nc2ccccc2)nc2nc[nH]c12. The number of carbonyl (C=O) groups excluding carboxylic acids is 1. The van der Waals surface area contributed by atoms with Gasteiger partial charge in [0.05, 0.1) is 56.7 Å². The molecular weight excluding hydrogens is 1740 g/mol. The number of anilines is 9. The fourth-order valence-corrected chi connectivity index (χ4v) is 13.7. The third kappa shape index (κ3) is 26.7. The zero-order valence-electron chi connectivity index (χ0n) is 76.4. The molecule has 0 aliphatic carbocycles. The number of fused-ring (bicyclic) bond motifs is 8. The monoisotopic (exact) mass is 1840 g/mol. The van der Waals surface area contributed by atoms with Crippen LogP contribution in [0.4, 0.5) is 52.6 Å². The largest absolute Gasteiger partial charge is 0.366 e. The Morgan fingerprint density at radius 2 is 0.774 bits per heavy atom. The summed E-state index contributed by atoms with van der Waals surface area (Å²) < 4.78 is 0. The van der Waals surface area contributed by atoms with Crippen LogP contribution in [0, 0.1) is 13.8 Å². The first kappa shape index (κ1) is 95.1. The maximum Gasteiger partial charge on any atom is 0.278 e. The number of aryl methyl sites for hydroxylation is 2. The molecule has 21 aromatic rings. The number of imidazole rings is 8. The first-order valence-electron chi connectivity index (χ1n) is 44.4. The number of unbranched alkanes of at least 4 members (excludes halogenated alkanes) is 3. The van der Waals surface area contributed by atoms with E-state index in [1.54, 1.807) is 31.6 Å². The number of aromatic amines is 11. The Kier molecular flexibility index (Phi) is 33.5. The number of amides is 1. The first-order valence-corrected chi connectivity index (χ1v) is 44.4. The van der Waals surface area contributed by atoms with Gasteiger partial charge >= 0.3 is 0 Å². The summed E-state index contributed by atoms with van der Waals surface area (Å²) in [7, 11) is 0. The average Bonchev–Trinajstić information content (AvgIpc) is 1.63. The maximum absolute atomic E-state index is 11.7. The van der Waals surface area contributed by atoms with E-state index in [4.69, 9.17) is 0 Å². The second-order valence-electron chi connectivity index (χ2n) is 30.8.